The molecule has 5 nitrogen and oxygen atoms in total. The van der Waals surface area contributed by atoms with Crippen molar-refractivity contribution in [2.45, 2.75) is 18.3 Å². The topological polar surface area (TPSA) is 73.4 Å². The zero-order valence-corrected chi connectivity index (χ0v) is 10.9. The van der Waals surface area contributed by atoms with Gasteiger partial charge in [-0.1, -0.05) is 30.3 Å². The van der Waals surface area contributed by atoms with Crippen LogP contribution < -0.4 is 5.73 Å². The predicted molar refractivity (Wildman–Crippen MR) is 67.6 cm³/mol. The van der Waals surface area contributed by atoms with Crippen LogP contribution >= 0.6 is 0 Å². The Kier molecular flexibility index (Phi) is 3.93. The standard InChI is InChI=1S/C13H13F3N4O/c14-13(15,16)11-10(9-4-2-1-3-5-9)20(12(18)21)7-6-19(11)8-17/h1-5,10-11H,6-7H2,(H2,18,21). The van der Waals surface area contributed by atoms with Gasteiger partial charge in [0.05, 0.1) is 6.04 Å². The van der Waals surface area contributed by atoms with E-state index < -0.39 is 24.3 Å². The molecule has 1 aliphatic rings. The number of hydrogen-bond acceptors (Lipinski definition) is 3. The van der Waals surface area contributed by atoms with Gasteiger partial charge in [0.1, 0.15) is 0 Å². The number of benzene rings is 1. The number of piperazine rings is 1. The summed E-state index contributed by atoms with van der Waals surface area (Å²) in [4.78, 5) is 13.1. The molecule has 112 valence electrons. The van der Waals surface area contributed by atoms with E-state index >= 15 is 0 Å². The van der Waals surface area contributed by atoms with Crippen molar-refractivity contribution in [3.05, 3.63) is 35.9 Å². The van der Waals surface area contributed by atoms with Crippen LogP contribution in [-0.4, -0.2) is 41.1 Å². The number of alkyl halides is 3. The van der Waals surface area contributed by atoms with Gasteiger partial charge in [0.25, 0.3) is 0 Å². The van der Waals surface area contributed by atoms with Crippen molar-refractivity contribution in [1.82, 2.24) is 9.80 Å². The van der Waals surface area contributed by atoms with Crippen LogP contribution in [0.25, 0.3) is 0 Å². The lowest BCUT2D eigenvalue weighted by molar-refractivity contribution is -0.199. The molecule has 0 radical (unpaired) electrons. The van der Waals surface area contributed by atoms with Gasteiger partial charge in [-0.25, -0.2) is 4.79 Å². The van der Waals surface area contributed by atoms with Crippen molar-refractivity contribution in [3.8, 4) is 6.19 Å². The normalized spacial score (nSPS) is 22.8. The van der Waals surface area contributed by atoms with Gasteiger partial charge in [-0.2, -0.15) is 18.4 Å². The van der Waals surface area contributed by atoms with Gasteiger partial charge >= 0.3 is 12.2 Å². The van der Waals surface area contributed by atoms with E-state index in [-0.39, 0.29) is 13.1 Å². The van der Waals surface area contributed by atoms with Crippen molar-refractivity contribution >= 4 is 6.03 Å². The van der Waals surface area contributed by atoms with Crippen molar-refractivity contribution in [1.29, 1.82) is 5.26 Å². The van der Waals surface area contributed by atoms with Gasteiger partial charge in [0.15, 0.2) is 12.2 Å². The van der Waals surface area contributed by atoms with E-state index in [0.717, 1.165) is 4.90 Å². The highest BCUT2D eigenvalue weighted by atomic mass is 19.4. The second kappa shape index (κ2) is 5.52. The summed E-state index contributed by atoms with van der Waals surface area (Å²) in [7, 11) is 0. The largest absolute Gasteiger partial charge is 0.411 e. The fourth-order valence-corrected chi connectivity index (χ4v) is 2.56. The fraction of sp³-hybridized carbons (Fsp3) is 0.385. The molecule has 1 saturated heterocycles. The van der Waals surface area contributed by atoms with Crippen LogP contribution in [0.1, 0.15) is 11.6 Å². The summed E-state index contributed by atoms with van der Waals surface area (Å²) >= 11 is 0. The number of amides is 2. The van der Waals surface area contributed by atoms with Gasteiger partial charge in [0.2, 0.25) is 0 Å². The molecule has 21 heavy (non-hydrogen) atoms. The van der Waals surface area contributed by atoms with Crippen LogP contribution in [0.2, 0.25) is 0 Å². The van der Waals surface area contributed by atoms with Crippen LogP contribution in [0.15, 0.2) is 30.3 Å². The Labute approximate surface area is 119 Å². The first-order valence-electron chi connectivity index (χ1n) is 6.20. The highest BCUT2D eigenvalue weighted by Crippen LogP contribution is 2.39. The molecule has 0 bridgehead atoms. The molecule has 1 fully saturated rings. The van der Waals surface area contributed by atoms with Crippen molar-refractivity contribution in [2.24, 2.45) is 5.73 Å². The first-order valence-corrected chi connectivity index (χ1v) is 6.20. The van der Waals surface area contributed by atoms with E-state index in [2.05, 4.69) is 0 Å². The number of halogens is 3. The summed E-state index contributed by atoms with van der Waals surface area (Å²) < 4.78 is 40.1. The van der Waals surface area contributed by atoms with E-state index in [1.54, 1.807) is 24.4 Å². The number of nitrogens with zero attached hydrogens (tertiary/aromatic N) is 3. The molecular weight excluding hydrogens is 285 g/mol. The molecule has 1 aliphatic heterocycles. The molecule has 2 rings (SSSR count). The fourth-order valence-electron chi connectivity index (χ4n) is 2.56. The third kappa shape index (κ3) is 2.86. The maximum absolute atomic E-state index is 13.4. The lowest BCUT2D eigenvalue weighted by Gasteiger charge is -2.45. The van der Waals surface area contributed by atoms with Crippen LogP contribution in [-0.2, 0) is 0 Å². The molecule has 1 heterocycles. The van der Waals surface area contributed by atoms with Crippen LogP contribution in [0, 0.1) is 11.5 Å². The minimum absolute atomic E-state index is 0.0327. The number of primary amides is 1. The third-order valence-electron chi connectivity index (χ3n) is 3.44. The Hall–Kier alpha value is -2.43. The van der Waals surface area contributed by atoms with E-state index in [9.17, 15) is 18.0 Å². The van der Waals surface area contributed by atoms with Gasteiger partial charge < -0.3 is 10.6 Å². The van der Waals surface area contributed by atoms with Crippen LogP contribution in [0.3, 0.4) is 0 Å². The molecule has 0 spiro atoms. The molecular formula is C13H13F3N4O. The Bertz CT molecular complexity index is 555. The van der Waals surface area contributed by atoms with Gasteiger partial charge in [-0.05, 0) is 5.56 Å². The molecule has 0 saturated carbocycles. The molecule has 2 unspecified atom stereocenters. The van der Waals surface area contributed by atoms with Crippen LogP contribution in [0.4, 0.5) is 18.0 Å². The minimum Gasteiger partial charge on any atom is -0.351 e. The Morgan fingerprint density at radius 2 is 1.90 bits per heavy atom. The van der Waals surface area contributed by atoms with E-state index in [4.69, 9.17) is 11.0 Å². The Morgan fingerprint density at radius 3 is 2.38 bits per heavy atom. The average molecular weight is 298 g/mol. The van der Waals surface area contributed by atoms with Crippen molar-refractivity contribution in [2.75, 3.05) is 13.1 Å². The summed E-state index contributed by atoms with van der Waals surface area (Å²) in [6.07, 6.45) is -3.11. The molecule has 2 atom stereocenters. The number of urea groups is 1. The maximum atomic E-state index is 13.4. The van der Waals surface area contributed by atoms with Gasteiger partial charge in [-0.3, -0.25) is 4.90 Å². The number of nitriles is 1. The van der Waals surface area contributed by atoms with Crippen molar-refractivity contribution < 1.29 is 18.0 Å². The summed E-state index contributed by atoms with van der Waals surface area (Å²) in [6.45, 7) is -0.234. The molecule has 1 aromatic carbocycles. The lowest BCUT2D eigenvalue weighted by atomic mass is 9.94. The summed E-state index contributed by atoms with van der Waals surface area (Å²) in [5.41, 5.74) is 5.50. The summed E-state index contributed by atoms with van der Waals surface area (Å²) in [6, 6.07) is 3.41. The maximum Gasteiger partial charge on any atom is 0.411 e. The number of hydrogen-bond donors (Lipinski definition) is 1. The molecule has 0 aliphatic carbocycles. The molecule has 2 N–H and O–H groups in total. The Morgan fingerprint density at radius 1 is 1.29 bits per heavy atom. The number of nitrogens with two attached hydrogens (primary N) is 1. The first kappa shape index (κ1) is 15.0. The van der Waals surface area contributed by atoms with E-state index in [1.807, 2.05) is 0 Å². The monoisotopic (exact) mass is 298 g/mol. The van der Waals surface area contributed by atoms with E-state index in [0.29, 0.717) is 10.5 Å². The van der Waals surface area contributed by atoms with E-state index in [1.165, 1.54) is 12.1 Å². The zero-order valence-electron chi connectivity index (χ0n) is 10.9. The van der Waals surface area contributed by atoms with Gasteiger partial charge in [0, 0.05) is 13.1 Å². The highest BCUT2D eigenvalue weighted by Gasteiger charge is 2.53. The Balaban J connectivity index is 2.52. The molecule has 0 aromatic heterocycles. The minimum atomic E-state index is -4.66. The number of carbonyl (C=O) groups is 1. The quantitative estimate of drug-likeness (QED) is 0.804. The summed E-state index contributed by atoms with van der Waals surface area (Å²) in [5.74, 6) is 0. The number of carbonyl (C=O) groups excluding carboxylic acids is 1. The second-order valence-corrected chi connectivity index (χ2v) is 4.67. The molecule has 8 heteroatoms. The average Bonchev–Trinajstić information content (AvgIpc) is 2.45. The number of rotatable bonds is 1. The zero-order chi connectivity index (χ0) is 15.6. The predicted octanol–water partition coefficient (Wildman–Crippen LogP) is 1.84. The molecule has 2 amide bonds. The lowest BCUT2D eigenvalue weighted by Crippen LogP contribution is -2.61. The summed E-state index contributed by atoms with van der Waals surface area (Å²) in [5, 5.41) is 8.96. The van der Waals surface area contributed by atoms with Crippen LogP contribution in [0.5, 0.6) is 0 Å². The highest BCUT2D eigenvalue weighted by molar-refractivity contribution is 5.73. The third-order valence-corrected chi connectivity index (χ3v) is 3.44. The first-order chi connectivity index (χ1) is 9.86. The smallest absolute Gasteiger partial charge is 0.351 e. The molecule has 1 aromatic rings. The SMILES string of the molecule is N#CN1CCN(C(N)=O)C(c2ccccc2)C1C(F)(F)F. The van der Waals surface area contributed by atoms with Crippen molar-refractivity contribution in [3.63, 3.8) is 0 Å². The second-order valence-electron chi connectivity index (χ2n) is 4.67. The van der Waals surface area contributed by atoms with Gasteiger partial charge in [-0.15, -0.1) is 0 Å².